The number of carbonyl (C=O) groups is 2. The normalized spacial score (nSPS) is 21.0. The SMILES string of the molecule is CC(C)NC[C@H](Cc1ccc(Cl)cc1)C(=O)N1CCN(C2=C=C3CC(C)C(=O)NC3=NC=N2)CC1. The van der Waals surface area contributed by atoms with Crippen molar-refractivity contribution >= 4 is 35.6 Å². The molecule has 0 saturated carbocycles. The van der Waals surface area contributed by atoms with Crippen molar-refractivity contribution in [1.82, 2.24) is 20.4 Å². The molecule has 2 N–H and O–H groups in total. The fourth-order valence-electron chi connectivity index (χ4n) is 4.43. The topological polar surface area (TPSA) is 89.4 Å². The van der Waals surface area contributed by atoms with E-state index in [0.29, 0.717) is 68.3 Å². The monoisotopic (exact) mass is 496 g/mol. The molecule has 1 aromatic carbocycles. The summed E-state index contributed by atoms with van der Waals surface area (Å²) in [5.41, 5.74) is 5.34. The van der Waals surface area contributed by atoms with E-state index in [-0.39, 0.29) is 23.7 Å². The number of aliphatic imine (C=N–C) groups is 2. The molecule has 9 heteroatoms. The molecule has 2 amide bonds. The van der Waals surface area contributed by atoms with E-state index in [1.165, 1.54) is 6.34 Å². The number of carbonyl (C=O) groups excluding carboxylic acids is 2. The van der Waals surface area contributed by atoms with E-state index in [1.54, 1.807) is 0 Å². The number of hydrogen-bond donors (Lipinski definition) is 2. The summed E-state index contributed by atoms with van der Waals surface area (Å²) in [6, 6.07) is 8.03. The molecule has 8 nitrogen and oxygen atoms in total. The molecule has 2 fully saturated rings. The molecule has 0 radical (unpaired) electrons. The number of hydrogen-bond acceptors (Lipinski definition) is 6. The molecule has 3 heterocycles. The van der Waals surface area contributed by atoms with E-state index in [4.69, 9.17) is 11.6 Å². The number of amides is 2. The molecule has 4 rings (SSSR count). The van der Waals surface area contributed by atoms with Crippen LogP contribution < -0.4 is 10.6 Å². The van der Waals surface area contributed by atoms with Crippen molar-refractivity contribution < 1.29 is 9.59 Å². The molecular weight excluding hydrogens is 464 g/mol. The number of amidine groups is 1. The van der Waals surface area contributed by atoms with E-state index in [9.17, 15) is 9.59 Å². The standard InChI is InChI=1S/C26H33ClN6O2/c1-17(2)28-15-21(13-19-4-6-22(27)7-5-19)26(35)33-10-8-32(9-11-33)23-14-20-12-18(3)25(34)31-24(20)30-16-29-23/h4-7,16-18,21,28H,8-13,15H2,1-3H3,(H,29,30,31,34)/t18?,21-/m0/s1. The van der Waals surface area contributed by atoms with E-state index in [0.717, 1.165) is 11.1 Å². The quantitative estimate of drug-likeness (QED) is 0.568. The Morgan fingerprint density at radius 1 is 1.23 bits per heavy atom. The van der Waals surface area contributed by atoms with Gasteiger partial charge in [-0.25, -0.2) is 9.98 Å². The number of piperazine rings is 1. The summed E-state index contributed by atoms with van der Waals surface area (Å²) in [4.78, 5) is 38.3. The molecule has 0 spiro atoms. The summed E-state index contributed by atoms with van der Waals surface area (Å²) >= 11 is 6.04. The van der Waals surface area contributed by atoms with Crippen LogP contribution in [0.3, 0.4) is 0 Å². The highest BCUT2D eigenvalue weighted by Gasteiger charge is 2.30. The van der Waals surface area contributed by atoms with Gasteiger partial charge in [0.05, 0.1) is 5.92 Å². The number of nitrogens with one attached hydrogen (secondary N) is 2. The summed E-state index contributed by atoms with van der Waals surface area (Å²) in [5, 5.41) is 6.96. The van der Waals surface area contributed by atoms with Crippen LogP contribution in [0.25, 0.3) is 0 Å². The Kier molecular flexibility index (Phi) is 8.06. The largest absolute Gasteiger partial charge is 0.346 e. The van der Waals surface area contributed by atoms with Gasteiger partial charge in [0.25, 0.3) is 0 Å². The summed E-state index contributed by atoms with van der Waals surface area (Å²) in [5.74, 6) is 1.10. The Morgan fingerprint density at radius 2 is 1.94 bits per heavy atom. The second-order valence-corrected chi connectivity index (χ2v) is 10.1. The van der Waals surface area contributed by atoms with Gasteiger partial charge in [0, 0.05) is 55.3 Å². The van der Waals surface area contributed by atoms with Gasteiger partial charge >= 0.3 is 0 Å². The summed E-state index contributed by atoms with van der Waals surface area (Å²) in [7, 11) is 0. The van der Waals surface area contributed by atoms with E-state index >= 15 is 0 Å². The molecular formula is C26H33ClN6O2. The molecule has 35 heavy (non-hydrogen) atoms. The zero-order valence-electron chi connectivity index (χ0n) is 20.6. The minimum absolute atomic E-state index is 0.0293. The Balaban J connectivity index is 1.42. The van der Waals surface area contributed by atoms with Gasteiger partial charge in [-0.15, -0.1) is 0 Å². The number of rotatable bonds is 7. The van der Waals surface area contributed by atoms with Gasteiger partial charge in [-0.05, 0) is 30.5 Å². The van der Waals surface area contributed by atoms with Gasteiger partial charge in [-0.1, -0.05) is 50.2 Å². The average Bonchev–Trinajstić information content (AvgIpc) is 3.05. The number of halogens is 1. The maximum Gasteiger partial charge on any atom is 0.228 e. The second kappa shape index (κ2) is 11.2. The number of nitrogens with zero attached hydrogens (tertiary/aromatic N) is 4. The average molecular weight is 497 g/mol. The first-order chi connectivity index (χ1) is 16.8. The molecule has 0 aliphatic carbocycles. The first-order valence-corrected chi connectivity index (χ1v) is 12.6. The Hall–Kier alpha value is -2.93. The molecule has 186 valence electrons. The maximum atomic E-state index is 13.5. The molecule has 3 aliphatic rings. The van der Waals surface area contributed by atoms with E-state index in [1.807, 2.05) is 36.1 Å². The zero-order valence-corrected chi connectivity index (χ0v) is 21.3. The van der Waals surface area contributed by atoms with Crippen LogP contribution in [0.1, 0.15) is 32.8 Å². The summed E-state index contributed by atoms with van der Waals surface area (Å²) in [6.07, 6.45) is 2.73. The van der Waals surface area contributed by atoms with Crippen LogP contribution in [0.2, 0.25) is 5.02 Å². The molecule has 1 unspecified atom stereocenters. The lowest BCUT2D eigenvalue weighted by Crippen LogP contribution is -2.51. The molecule has 2 saturated heterocycles. The van der Waals surface area contributed by atoms with Gasteiger partial charge in [0.15, 0.2) is 5.82 Å². The van der Waals surface area contributed by atoms with Crippen LogP contribution in [0, 0.1) is 11.8 Å². The first-order valence-electron chi connectivity index (χ1n) is 12.2. The molecule has 1 aromatic rings. The van der Waals surface area contributed by atoms with Gasteiger partial charge in [-0.3, -0.25) is 9.59 Å². The fraction of sp³-hybridized carbons (Fsp3) is 0.500. The third-order valence-corrected chi connectivity index (χ3v) is 6.77. The third-order valence-electron chi connectivity index (χ3n) is 6.52. The molecule has 2 atom stereocenters. The van der Waals surface area contributed by atoms with E-state index in [2.05, 4.69) is 45.1 Å². The number of piperidine rings is 1. The fourth-order valence-corrected chi connectivity index (χ4v) is 4.55. The Bertz CT molecular complexity index is 1080. The molecule has 3 aliphatic heterocycles. The van der Waals surface area contributed by atoms with Crippen molar-refractivity contribution in [3.8, 4) is 0 Å². The summed E-state index contributed by atoms with van der Waals surface area (Å²) < 4.78 is 0. The van der Waals surface area contributed by atoms with Crippen molar-refractivity contribution in [1.29, 1.82) is 0 Å². The van der Waals surface area contributed by atoms with Crippen molar-refractivity contribution in [3.05, 3.63) is 52.0 Å². The van der Waals surface area contributed by atoms with Crippen LogP contribution in [0.4, 0.5) is 0 Å². The van der Waals surface area contributed by atoms with Gasteiger partial charge in [-0.2, -0.15) is 0 Å². The highest BCUT2D eigenvalue weighted by Crippen LogP contribution is 2.21. The molecule has 0 bridgehead atoms. The van der Waals surface area contributed by atoms with Crippen molar-refractivity contribution in [2.75, 3.05) is 32.7 Å². The number of fused-ring (bicyclic) bond motifs is 1. The molecule has 0 aromatic heterocycles. The van der Waals surface area contributed by atoms with Crippen LogP contribution in [-0.2, 0) is 16.0 Å². The van der Waals surface area contributed by atoms with Gasteiger partial charge in [0.2, 0.25) is 11.8 Å². The lowest BCUT2D eigenvalue weighted by Gasteiger charge is -2.37. The van der Waals surface area contributed by atoms with Crippen molar-refractivity contribution in [3.63, 3.8) is 0 Å². The van der Waals surface area contributed by atoms with Crippen molar-refractivity contribution in [2.24, 2.45) is 21.8 Å². The van der Waals surface area contributed by atoms with Gasteiger partial charge < -0.3 is 20.4 Å². The maximum absolute atomic E-state index is 13.5. The van der Waals surface area contributed by atoms with Crippen LogP contribution in [0.15, 0.2) is 51.4 Å². The summed E-state index contributed by atoms with van der Waals surface area (Å²) in [6.45, 7) is 9.28. The highest BCUT2D eigenvalue weighted by atomic mass is 35.5. The minimum atomic E-state index is -0.148. The first kappa shape index (κ1) is 25.2. The predicted octanol–water partition coefficient (Wildman–Crippen LogP) is 2.60. The lowest BCUT2D eigenvalue weighted by atomic mass is 9.96. The zero-order chi connectivity index (χ0) is 24.9. The van der Waals surface area contributed by atoms with Crippen LogP contribution >= 0.6 is 11.6 Å². The Labute approximate surface area is 211 Å². The minimum Gasteiger partial charge on any atom is -0.346 e. The van der Waals surface area contributed by atoms with Gasteiger partial charge in [0.1, 0.15) is 12.2 Å². The second-order valence-electron chi connectivity index (χ2n) is 9.65. The third kappa shape index (κ3) is 6.40. The van der Waals surface area contributed by atoms with Crippen LogP contribution in [0.5, 0.6) is 0 Å². The highest BCUT2D eigenvalue weighted by molar-refractivity contribution is 6.30. The van der Waals surface area contributed by atoms with Crippen LogP contribution in [-0.4, -0.2) is 72.6 Å². The van der Waals surface area contributed by atoms with E-state index < -0.39 is 0 Å². The smallest absolute Gasteiger partial charge is 0.228 e. The Morgan fingerprint density at radius 3 is 2.63 bits per heavy atom. The van der Waals surface area contributed by atoms with Crippen molar-refractivity contribution in [2.45, 2.75) is 39.7 Å². The predicted molar refractivity (Wildman–Crippen MR) is 138 cm³/mol. The number of benzene rings is 1. The lowest BCUT2D eigenvalue weighted by molar-refractivity contribution is -0.137.